The molecule has 1 N–H and O–H groups in total. The molecule has 1 amide bonds. The molecule has 6 heteroatoms. The van der Waals surface area contributed by atoms with E-state index in [0.29, 0.717) is 17.5 Å². The van der Waals surface area contributed by atoms with Crippen LogP contribution < -0.4 is 10.7 Å². The van der Waals surface area contributed by atoms with E-state index in [1.54, 1.807) is 18.4 Å². The minimum Gasteiger partial charge on any atom is -0.468 e. The lowest BCUT2D eigenvalue weighted by Gasteiger charge is -2.25. The van der Waals surface area contributed by atoms with Gasteiger partial charge in [0.15, 0.2) is 11.2 Å². The third kappa shape index (κ3) is 3.66. The summed E-state index contributed by atoms with van der Waals surface area (Å²) < 4.78 is 11.2. The maximum absolute atomic E-state index is 12.6. The van der Waals surface area contributed by atoms with Crippen LogP contribution in [0, 0.1) is 6.92 Å². The average Bonchev–Trinajstić information content (AvgIpc) is 3.36. The maximum Gasteiger partial charge on any atom is 0.287 e. The van der Waals surface area contributed by atoms with Gasteiger partial charge in [-0.15, -0.1) is 0 Å². The molecule has 140 valence electrons. The van der Waals surface area contributed by atoms with Crippen LogP contribution in [0.4, 0.5) is 0 Å². The van der Waals surface area contributed by atoms with Crippen molar-refractivity contribution in [2.45, 2.75) is 25.8 Å². The predicted molar refractivity (Wildman–Crippen MR) is 102 cm³/mol. The van der Waals surface area contributed by atoms with Gasteiger partial charge in [-0.2, -0.15) is 0 Å². The molecule has 6 nitrogen and oxygen atoms in total. The maximum atomic E-state index is 12.6. The Balaban J connectivity index is 1.53. The summed E-state index contributed by atoms with van der Waals surface area (Å²) in [6.07, 6.45) is 3.93. The van der Waals surface area contributed by atoms with Crippen molar-refractivity contribution < 1.29 is 13.6 Å². The summed E-state index contributed by atoms with van der Waals surface area (Å²) in [7, 11) is 0. The second kappa shape index (κ2) is 7.40. The summed E-state index contributed by atoms with van der Waals surface area (Å²) in [5.74, 6) is 0.453. The molecule has 1 aliphatic rings. The highest BCUT2D eigenvalue weighted by atomic mass is 16.3. The summed E-state index contributed by atoms with van der Waals surface area (Å²) in [4.78, 5) is 27.2. The molecular formula is C21H22N2O4. The molecule has 1 aliphatic heterocycles. The number of nitrogens with one attached hydrogen (secondary N) is 1. The minimum absolute atomic E-state index is 0.0240. The molecule has 0 aliphatic carbocycles. The molecule has 0 spiro atoms. The van der Waals surface area contributed by atoms with Crippen molar-refractivity contribution in [3.63, 3.8) is 0 Å². The largest absolute Gasteiger partial charge is 0.468 e. The number of aryl methyl sites for hydroxylation is 1. The Morgan fingerprint density at radius 1 is 1.22 bits per heavy atom. The molecule has 2 aromatic heterocycles. The van der Waals surface area contributed by atoms with Crippen LogP contribution in [0.3, 0.4) is 0 Å². The van der Waals surface area contributed by atoms with Crippen LogP contribution in [-0.2, 0) is 0 Å². The van der Waals surface area contributed by atoms with Crippen LogP contribution >= 0.6 is 0 Å². The standard InChI is InChI=1S/C21H22N2O4/c1-14-6-7-18-15(11-14)17(24)12-20(27-18)21(25)22-13-16(19-5-4-10-26-19)23-8-2-3-9-23/h4-7,10-12,16H,2-3,8-9,13H2,1H3,(H,22,25). The van der Waals surface area contributed by atoms with Gasteiger partial charge in [-0.1, -0.05) is 11.6 Å². The van der Waals surface area contributed by atoms with Crippen LogP contribution in [-0.4, -0.2) is 30.4 Å². The SMILES string of the molecule is Cc1ccc2oc(C(=O)NCC(c3ccco3)N3CCCC3)cc(=O)c2c1. The van der Waals surface area contributed by atoms with E-state index in [4.69, 9.17) is 8.83 Å². The number of carbonyl (C=O) groups is 1. The van der Waals surface area contributed by atoms with Crippen molar-refractivity contribution in [1.82, 2.24) is 10.2 Å². The highest BCUT2D eigenvalue weighted by molar-refractivity contribution is 5.93. The van der Waals surface area contributed by atoms with E-state index >= 15 is 0 Å². The van der Waals surface area contributed by atoms with Crippen molar-refractivity contribution in [3.05, 3.63) is 70.0 Å². The number of fused-ring (bicyclic) bond motifs is 1. The van der Waals surface area contributed by atoms with Crippen molar-refractivity contribution in [3.8, 4) is 0 Å². The van der Waals surface area contributed by atoms with Gasteiger partial charge in [-0.05, 0) is 57.1 Å². The lowest BCUT2D eigenvalue weighted by atomic mass is 10.1. The van der Waals surface area contributed by atoms with Crippen LogP contribution in [0.15, 0.2) is 56.3 Å². The predicted octanol–water partition coefficient (Wildman–Crippen LogP) is 3.26. The molecule has 1 atom stereocenters. The number of hydrogen-bond acceptors (Lipinski definition) is 5. The third-order valence-corrected chi connectivity index (χ3v) is 5.02. The van der Waals surface area contributed by atoms with E-state index in [1.165, 1.54) is 6.07 Å². The topological polar surface area (TPSA) is 75.7 Å². The molecule has 1 fully saturated rings. The number of benzene rings is 1. The molecule has 3 aromatic rings. The quantitative estimate of drug-likeness (QED) is 0.750. The molecule has 4 rings (SSSR count). The molecule has 1 saturated heterocycles. The van der Waals surface area contributed by atoms with Crippen LogP contribution in [0.5, 0.6) is 0 Å². The van der Waals surface area contributed by atoms with Gasteiger partial charge < -0.3 is 14.2 Å². The zero-order valence-corrected chi connectivity index (χ0v) is 15.2. The number of furan rings is 1. The number of rotatable bonds is 5. The summed E-state index contributed by atoms with van der Waals surface area (Å²) in [5.41, 5.74) is 1.17. The lowest BCUT2D eigenvalue weighted by molar-refractivity contribution is 0.0906. The molecular weight excluding hydrogens is 344 g/mol. The Labute approximate surface area is 156 Å². The van der Waals surface area contributed by atoms with Gasteiger partial charge in [0, 0.05) is 12.6 Å². The Kier molecular flexibility index (Phi) is 4.81. The van der Waals surface area contributed by atoms with Gasteiger partial charge in [0.25, 0.3) is 5.91 Å². The minimum atomic E-state index is -0.398. The second-order valence-electron chi connectivity index (χ2n) is 6.96. The van der Waals surface area contributed by atoms with E-state index in [2.05, 4.69) is 10.2 Å². The molecule has 27 heavy (non-hydrogen) atoms. The van der Waals surface area contributed by atoms with Crippen molar-refractivity contribution in [2.75, 3.05) is 19.6 Å². The van der Waals surface area contributed by atoms with Gasteiger partial charge in [0.2, 0.25) is 0 Å². The highest BCUT2D eigenvalue weighted by Crippen LogP contribution is 2.25. The Hall–Kier alpha value is -2.86. The molecule has 1 aromatic carbocycles. The Bertz CT molecular complexity index is 1000. The van der Waals surface area contributed by atoms with Crippen LogP contribution in [0.2, 0.25) is 0 Å². The first kappa shape index (κ1) is 17.5. The average molecular weight is 366 g/mol. The van der Waals surface area contributed by atoms with E-state index in [1.807, 2.05) is 25.1 Å². The van der Waals surface area contributed by atoms with Crippen LogP contribution in [0.25, 0.3) is 11.0 Å². The zero-order valence-electron chi connectivity index (χ0n) is 15.2. The number of hydrogen-bond donors (Lipinski definition) is 1. The van der Waals surface area contributed by atoms with Gasteiger partial charge in [0.05, 0.1) is 17.7 Å². The number of amides is 1. The Morgan fingerprint density at radius 3 is 2.78 bits per heavy atom. The summed E-state index contributed by atoms with van der Waals surface area (Å²) >= 11 is 0. The molecule has 0 radical (unpaired) electrons. The number of likely N-dealkylation sites (tertiary alicyclic amines) is 1. The van der Waals surface area contributed by atoms with Crippen molar-refractivity contribution in [2.24, 2.45) is 0 Å². The number of carbonyl (C=O) groups excluding carboxylic acids is 1. The van der Waals surface area contributed by atoms with Crippen molar-refractivity contribution in [1.29, 1.82) is 0 Å². The smallest absolute Gasteiger partial charge is 0.287 e. The van der Waals surface area contributed by atoms with E-state index in [-0.39, 0.29) is 17.2 Å². The monoisotopic (exact) mass is 366 g/mol. The zero-order chi connectivity index (χ0) is 18.8. The van der Waals surface area contributed by atoms with Crippen LogP contribution in [0.1, 0.15) is 40.8 Å². The summed E-state index contributed by atoms with van der Waals surface area (Å²) in [5, 5.41) is 3.38. The number of nitrogens with zero attached hydrogens (tertiary/aromatic N) is 1. The molecule has 0 bridgehead atoms. The first-order valence-corrected chi connectivity index (χ1v) is 9.22. The highest BCUT2D eigenvalue weighted by Gasteiger charge is 2.26. The Morgan fingerprint density at radius 2 is 2.04 bits per heavy atom. The summed E-state index contributed by atoms with van der Waals surface area (Å²) in [6, 6.07) is 10.4. The van der Waals surface area contributed by atoms with Gasteiger partial charge in [0.1, 0.15) is 11.3 Å². The van der Waals surface area contributed by atoms with Gasteiger partial charge in [-0.3, -0.25) is 14.5 Å². The van der Waals surface area contributed by atoms with E-state index < -0.39 is 5.91 Å². The van der Waals surface area contributed by atoms with Gasteiger partial charge in [-0.25, -0.2) is 0 Å². The van der Waals surface area contributed by atoms with Gasteiger partial charge >= 0.3 is 0 Å². The van der Waals surface area contributed by atoms with Crippen molar-refractivity contribution >= 4 is 16.9 Å². The summed E-state index contributed by atoms with van der Waals surface area (Å²) in [6.45, 7) is 4.26. The fraction of sp³-hybridized carbons (Fsp3) is 0.333. The van der Waals surface area contributed by atoms with E-state index in [0.717, 1.165) is 37.3 Å². The second-order valence-corrected chi connectivity index (χ2v) is 6.96. The fourth-order valence-corrected chi connectivity index (χ4v) is 3.60. The molecule has 3 heterocycles. The first-order chi connectivity index (χ1) is 13.1. The first-order valence-electron chi connectivity index (χ1n) is 9.22. The fourth-order valence-electron chi connectivity index (χ4n) is 3.60. The molecule has 1 unspecified atom stereocenters. The lowest BCUT2D eigenvalue weighted by Crippen LogP contribution is -2.36. The van der Waals surface area contributed by atoms with E-state index in [9.17, 15) is 9.59 Å². The third-order valence-electron chi connectivity index (χ3n) is 5.02. The molecule has 0 saturated carbocycles. The normalized spacial score (nSPS) is 15.9.